The second kappa shape index (κ2) is 9.69. The van der Waals surface area contributed by atoms with Crippen molar-refractivity contribution in [2.24, 2.45) is 22.7 Å². The van der Waals surface area contributed by atoms with E-state index in [1.165, 1.54) is 0 Å². The van der Waals surface area contributed by atoms with Gasteiger partial charge >= 0.3 is 11.9 Å². The molecule has 0 spiro atoms. The monoisotopic (exact) mass is 468 g/mol. The number of aliphatic carboxylic acids is 1. The third-order valence-corrected chi connectivity index (χ3v) is 7.37. The summed E-state index contributed by atoms with van der Waals surface area (Å²) in [6.07, 6.45) is 0. The van der Waals surface area contributed by atoms with Gasteiger partial charge in [-0.2, -0.15) is 0 Å². The molecule has 0 bridgehead atoms. The number of carboxylic acids is 1. The number of benzene rings is 2. The van der Waals surface area contributed by atoms with Crippen molar-refractivity contribution in [3.63, 3.8) is 0 Å². The molecule has 2 aromatic carbocycles. The zero-order valence-electron chi connectivity index (χ0n) is 21.1. The first-order valence-electron chi connectivity index (χ1n) is 11.7. The van der Waals surface area contributed by atoms with E-state index in [1.807, 2.05) is 69.3 Å². The maximum absolute atomic E-state index is 11.9. The van der Waals surface area contributed by atoms with Crippen LogP contribution in [-0.2, 0) is 14.3 Å². The minimum Gasteiger partial charge on any atom is -0.497 e. The Morgan fingerprint density at radius 1 is 0.824 bits per heavy atom. The molecule has 0 amide bonds. The minimum atomic E-state index is -0.710. The molecule has 2 aliphatic carbocycles. The lowest BCUT2D eigenvalue weighted by Gasteiger charge is -2.05. The molecule has 2 aliphatic rings. The number of carboxylic acid groups (broad SMARTS) is 1. The quantitative estimate of drug-likeness (QED) is 0.539. The summed E-state index contributed by atoms with van der Waals surface area (Å²) in [6.45, 7) is 10.5. The molecule has 2 fully saturated rings. The lowest BCUT2D eigenvalue weighted by molar-refractivity contribution is -0.145. The molecule has 0 radical (unpaired) electrons. The van der Waals surface area contributed by atoms with Gasteiger partial charge in [0.15, 0.2) is 0 Å². The van der Waals surface area contributed by atoms with Gasteiger partial charge in [0.2, 0.25) is 0 Å². The van der Waals surface area contributed by atoms with Crippen molar-refractivity contribution in [1.29, 1.82) is 0 Å². The van der Waals surface area contributed by atoms with E-state index >= 15 is 0 Å². The smallest absolute Gasteiger partial charge is 0.310 e. The molecule has 184 valence electrons. The largest absolute Gasteiger partial charge is 0.497 e. The SMILES string of the molecule is CCOC(=O)[C@H]1[C@H](c2cccc(OC)c2)C1(C)C.COc1cccc([C@H]2[C@H](C(=O)O)C2(C)C)c1. The fraction of sp³-hybridized carbons (Fsp3) is 0.500. The highest BCUT2D eigenvalue weighted by molar-refractivity contribution is 5.79. The van der Waals surface area contributed by atoms with Gasteiger partial charge in [-0.25, -0.2) is 0 Å². The molecule has 2 aromatic rings. The van der Waals surface area contributed by atoms with E-state index in [1.54, 1.807) is 14.2 Å². The van der Waals surface area contributed by atoms with E-state index in [-0.39, 0.29) is 40.5 Å². The molecule has 4 atom stereocenters. The van der Waals surface area contributed by atoms with Gasteiger partial charge in [-0.1, -0.05) is 52.0 Å². The lowest BCUT2D eigenvalue weighted by Crippen LogP contribution is -2.10. The van der Waals surface area contributed by atoms with Crippen molar-refractivity contribution in [2.45, 2.75) is 46.5 Å². The van der Waals surface area contributed by atoms with Crippen molar-refractivity contribution >= 4 is 11.9 Å². The van der Waals surface area contributed by atoms with Gasteiger partial charge in [0.05, 0.1) is 32.7 Å². The van der Waals surface area contributed by atoms with Gasteiger partial charge in [0.25, 0.3) is 0 Å². The Hall–Kier alpha value is -3.02. The van der Waals surface area contributed by atoms with Crippen LogP contribution in [0.2, 0.25) is 0 Å². The van der Waals surface area contributed by atoms with Crippen molar-refractivity contribution in [3.8, 4) is 11.5 Å². The second-order valence-corrected chi connectivity index (χ2v) is 10.2. The third kappa shape index (κ3) is 4.91. The Kier molecular flexibility index (Phi) is 7.29. The number of methoxy groups -OCH3 is 2. The second-order valence-electron chi connectivity index (χ2n) is 10.2. The Morgan fingerprint density at radius 3 is 1.65 bits per heavy atom. The molecule has 0 aromatic heterocycles. The van der Waals surface area contributed by atoms with Crippen molar-refractivity contribution in [3.05, 3.63) is 59.7 Å². The van der Waals surface area contributed by atoms with Crippen LogP contribution in [0.5, 0.6) is 11.5 Å². The number of ether oxygens (including phenoxy) is 3. The molecule has 4 rings (SSSR count). The zero-order chi connectivity index (χ0) is 25.3. The van der Waals surface area contributed by atoms with Crippen LogP contribution >= 0.6 is 0 Å². The van der Waals surface area contributed by atoms with Gasteiger partial charge in [-0.05, 0) is 53.1 Å². The molecular weight excluding hydrogens is 432 g/mol. The van der Waals surface area contributed by atoms with Crippen LogP contribution in [0.25, 0.3) is 0 Å². The molecular formula is C28H36O6. The number of rotatable bonds is 7. The molecule has 1 N–H and O–H groups in total. The summed E-state index contributed by atoms with van der Waals surface area (Å²) in [5.41, 5.74) is 2.02. The summed E-state index contributed by atoms with van der Waals surface area (Å²) in [4.78, 5) is 23.0. The topological polar surface area (TPSA) is 82.1 Å². The normalized spacial score (nSPS) is 25.3. The van der Waals surface area contributed by atoms with Crippen LogP contribution in [0.4, 0.5) is 0 Å². The standard InChI is InChI=1S/C15H20O3.C13H16O3/c1-5-18-14(16)13-12(15(13,2)3)10-7-6-8-11(9-10)17-4;1-13(2)10(11(13)12(14)15)8-5-4-6-9(7-8)16-3/h6-9,12-13H,5H2,1-4H3;4-7,10-11H,1-3H3,(H,14,15)/t12-,13+;10-,11+/m00/s1. The first kappa shape index (κ1) is 25.6. The van der Waals surface area contributed by atoms with E-state index < -0.39 is 5.97 Å². The average molecular weight is 469 g/mol. The lowest BCUT2D eigenvalue weighted by atomic mass is 10.0. The predicted octanol–water partition coefficient (Wildman–Crippen LogP) is 5.52. The van der Waals surface area contributed by atoms with Crippen LogP contribution in [0, 0.1) is 22.7 Å². The third-order valence-electron chi connectivity index (χ3n) is 7.37. The summed E-state index contributed by atoms with van der Waals surface area (Å²) >= 11 is 0. The number of carbonyl (C=O) groups is 2. The first-order valence-corrected chi connectivity index (χ1v) is 11.7. The van der Waals surface area contributed by atoms with Crippen LogP contribution in [-0.4, -0.2) is 37.9 Å². The Morgan fingerprint density at radius 2 is 1.26 bits per heavy atom. The van der Waals surface area contributed by atoms with Crippen LogP contribution in [0.3, 0.4) is 0 Å². The van der Waals surface area contributed by atoms with Gasteiger partial charge in [-0.3, -0.25) is 9.59 Å². The molecule has 0 saturated heterocycles. The molecule has 6 nitrogen and oxygen atoms in total. The Labute approximate surface area is 202 Å². The fourth-order valence-electron chi connectivity index (χ4n) is 5.32. The van der Waals surface area contributed by atoms with Gasteiger partial charge in [0.1, 0.15) is 11.5 Å². The van der Waals surface area contributed by atoms with Crippen LogP contribution < -0.4 is 9.47 Å². The molecule has 0 unspecified atom stereocenters. The molecule has 2 saturated carbocycles. The molecule has 0 aliphatic heterocycles. The van der Waals surface area contributed by atoms with Gasteiger partial charge in [-0.15, -0.1) is 0 Å². The fourth-order valence-corrected chi connectivity index (χ4v) is 5.32. The maximum atomic E-state index is 11.9. The summed E-state index contributed by atoms with van der Waals surface area (Å²) in [5, 5.41) is 9.12. The first-order chi connectivity index (χ1) is 16.0. The van der Waals surface area contributed by atoms with Crippen molar-refractivity contribution in [2.75, 3.05) is 20.8 Å². The highest BCUT2D eigenvalue weighted by Gasteiger charge is 2.63. The van der Waals surface area contributed by atoms with E-state index in [4.69, 9.17) is 19.3 Å². The Bertz CT molecular complexity index is 1040. The zero-order valence-corrected chi connectivity index (χ0v) is 21.1. The van der Waals surface area contributed by atoms with Crippen LogP contribution in [0.1, 0.15) is 57.6 Å². The molecule has 0 heterocycles. The van der Waals surface area contributed by atoms with E-state index in [0.29, 0.717) is 6.61 Å². The summed E-state index contributed by atoms with van der Waals surface area (Å²) in [5.74, 6) is 0.825. The number of hydrogen-bond acceptors (Lipinski definition) is 5. The molecule has 6 heteroatoms. The van der Waals surface area contributed by atoms with Crippen molar-refractivity contribution in [1.82, 2.24) is 0 Å². The molecule has 34 heavy (non-hydrogen) atoms. The van der Waals surface area contributed by atoms with Gasteiger partial charge in [0, 0.05) is 11.8 Å². The number of esters is 1. The van der Waals surface area contributed by atoms with Gasteiger partial charge < -0.3 is 19.3 Å². The predicted molar refractivity (Wildman–Crippen MR) is 130 cm³/mol. The average Bonchev–Trinajstić information content (AvgIpc) is 3.61. The van der Waals surface area contributed by atoms with E-state index in [9.17, 15) is 9.59 Å². The maximum Gasteiger partial charge on any atom is 0.310 e. The highest BCUT2D eigenvalue weighted by atomic mass is 16.5. The number of carbonyl (C=O) groups excluding carboxylic acids is 1. The Balaban J connectivity index is 0.000000192. The van der Waals surface area contributed by atoms with E-state index in [2.05, 4.69) is 13.8 Å². The highest BCUT2D eigenvalue weighted by Crippen LogP contribution is 2.65. The van der Waals surface area contributed by atoms with Crippen LogP contribution in [0.15, 0.2) is 48.5 Å². The summed E-state index contributed by atoms with van der Waals surface area (Å²) in [6, 6.07) is 15.6. The number of hydrogen-bond donors (Lipinski definition) is 1. The van der Waals surface area contributed by atoms with Crippen molar-refractivity contribution < 1.29 is 28.9 Å². The van der Waals surface area contributed by atoms with E-state index in [0.717, 1.165) is 22.6 Å². The summed E-state index contributed by atoms with van der Waals surface area (Å²) < 4.78 is 15.5. The minimum absolute atomic E-state index is 0.0291. The summed E-state index contributed by atoms with van der Waals surface area (Å²) in [7, 11) is 3.27.